The number of carboxylic acid groups (broad SMARTS) is 1. The largest absolute Gasteiger partial charge is 0.480 e. The lowest BCUT2D eigenvalue weighted by Gasteiger charge is -2.08. The molecular formula is C15H10Cl2N2O2. The van der Waals surface area contributed by atoms with E-state index in [2.05, 4.69) is 4.98 Å². The summed E-state index contributed by atoms with van der Waals surface area (Å²) in [4.78, 5) is 15.6. The third-order valence-corrected chi connectivity index (χ3v) is 3.68. The van der Waals surface area contributed by atoms with Gasteiger partial charge < -0.3 is 9.67 Å². The van der Waals surface area contributed by atoms with Gasteiger partial charge in [-0.2, -0.15) is 0 Å². The molecular weight excluding hydrogens is 311 g/mol. The van der Waals surface area contributed by atoms with Crippen LogP contribution in [0.5, 0.6) is 0 Å². The number of rotatable bonds is 3. The molecule has 6 heteroatoms. The predicted molar refractivity (Wildman–Crippen MR) is 82.8 cm³/mol. The first-order valence-corrected chi connectivity index (χ1v) is 6.94. The fourth-order valence-electron chi connectivity index (χ4n) is 2.25. The zero-order chi connectivity index (χ0) is 15.0. The van der Waals surface area contributed by atoms with E-state index in [1.165, 1.54) is 0 Å². The Morgan fingerprint density at radius 2 is 1.95 bits per heavy atom. The van der Waals surface area contributed by atoms with Crippen LogP contribution in [0.25, 0.3) is 22.4 Å². The SMILES string of the molecule is O=C(O)Cn1c(-c2cc(Cl)ccc2Cl)nc2ccccc21. The molecule has 0 aliphatic rings. The maximum absolute atomic E-state index is 11.1. The minimum absolute atomic E-state index is 0.196. The number of fused-ring (bicyclic) bond motifs is 1. The maximum Gasteiger partial charge on any atom is 0.323 e. The zero-order valence-electron chi connectivity index (χ0n) is 10.8. The Labute approximate surface area is 130 Å². The number of aliphatic carboxylic acids is 1. The maximum atomic E-state index is 11.1. The van der Waals surface area contributed by atoms with Gasteiger partial charge in [0.15, 0.2) is 0 Å². The van der Waals surface area contributed by atoms with Gasteiger partial charge >= 0.3 is 5.97 Å². The number of nitrogens with zero attached hydrogens (tertiary/aromatic N) is 2. The molecule has 2 aromatic carbocycles. The molecule has 0 atom stereocenters. The van der Waals surface area contributed by atoms with Crippen molar-refractivity contribution in [2.45, 2.75) is 6.54 Å². The van der Waals surface area contributed by atoms with Crippen molar-refractivity contribution >= 4 is 40.2 Å². The number of hydrogen-bond donors (Lipinski definition) is 1. The van der Waals surface area contributed by atoms with Crippen molar-refractivity contribution in [2.24, 2.45) is 0 Å². The minimum atomic E-state index is -0.947. The Kier molecular flexibility index (Phi) is 3.57. The first-order valence-electron chi connectivity index (χ1n) is 6.19. The smallest absolute Gasteiger partial charge is 0.323 e. The summed E-state index contributed by atoms with van der Waals surface area (Å²) in [6.07, 6.45) is 0. The molecule has 1 N–H and O–H groups in total. The molecule has 3 rings (SSSR count). The number of aromatic nitrogens is 2. The molecule has 106 valence electrons. The van der Waals surface area contributed by atoms with Gasteiger partial charge in [0, 0.05) is 10.6 Å². The fraction of sp³-hybridized carbons (Fsp3) is 0.0667. The summed E-state index contributed by atoms with van der Waals surface area (Å²) in [5.74, 6) is -0.455. The average Bonchev–Trinajstić information content (AvgIpc) is 2.80. The van der Waals surface area contributed by atoms with E-state index in [4.69, 9.17) is 28.3 Å². The molecule has 0 saturated carbocycles. The van der Waals surface area contributed by atoms with Crippen LogP contribution in [0.4, 0.5) is 0 Å². The highest BCUT2D eigenvalue weighted by Gasteiger charge is 2.17. The molecule has 1 heterocycles. The van der Waals surface area contributed by atoms with Crippen LogP contribution < -0.4 is 0 Å². The molecule has 0 spiro atoms. The van der Waals surface area contributed by atoms with Gasteiger partial charge in [0.25, 0.3) is 0 Å². The van der Waals surface area contributed by atoms with Crippen LogP contribution in [0.15, 0.2) is 42.5 Å². The molecule has 3 aromatic rings. The lowest BCUT2D eigenvalue weighted by molar-refractivity contribution is -0.137. The quantitative estimate of drug-likeness (QED) is 0.790. The molecule has 4 nitrogen and oxygen atoms in total. The summed E-state index contributed by atoms with van der Waals surface area (Å²) >= 11 is 12.2. The van der Waals surface area contributed by atoms with E-state index in [-0.39, 0.29) is 6.54 Å². The Bertz CT molecular complexity index is 843. The highest BCUT2D eigenvalue weighted by Crippen LogP contribution is 2.32. The standard InChI is InChI=1S/C15H10Cl2N2O2/c16-9-5-6-11(17)10(7-9)15-18-12-3-1-2-4-13(12)19(15)8-14(20)21/h1-7H,8H2,(H,20,21). The Hall–Kier alpha value is -2.04. The topological polar surface area (TPSA) is 55.1 Å². The minimum Gasteiger partial charge on any atom is -0.480 e. The van der Waals surface area contributed by atoms with Gasteiger partial charge in [0.2, 0.25) is 0 Å². The van der Waals surface area contributed by atoms with Crippen molar-refractivity contribution in [2.75, 3.05) is 0 Å². The number of hydrogen-bond acceptors (Lipinski definition) is 2. The van der Waals surface area contributed by atoms with E-state index in [0.717, 1.165) is 5.52 Å². The number of para-hydroxylation sites is 2. The van der Waals surface area contributed by atoms with Gasteiger partial charge in [0.05, 0.1) is 16.1 Å². The van der Waals surface area contributed by atoms with Crippen molar-refractivity contribution in [3.05, 3.63) is 52.5 Å². The summed E-state index contributed by atoms with van der Waals surface area (Å²) < 4.78 is 1.62. The number of carboxylic acids is 1. The first-order chi connectivity index (χ1) is 10.1. The Morgan fingerprint density at radius 1 is 1.19 bits per heavy atom. The number of halogens is 2. The van der Waals surface area contributed by atoms with Gasteiger partial charge in [-0.05, 0) is 30.3 Å². The summed E-state index contributed by atoms with van der Waals surface area (Å²) in [7, 11) is 0. The normalized spacial score (nSPS) is 11.0. The van der Waals surface area contributed by atoms with Crippen LogP contribution in [-0.2, 0) is 11.3 Å². The molecule has 0 aliphatic carbocycles. The van der Waals surface area contributed by atoms with Gasteiger partial charge in [-0.1, -0.05) is 35.3 Å². The average molecular weight is 321 g/mol. The molecule has 0 aliphatic heterocycles. The van der Waals surface area contributed by atoms with Gasteiger partial charge in [-0.3, -0.25) is 4.79 Å². The van der Waals surface area contributed by atoms with Crippen LogP contribution >= 0.6 is 23.2 Å². The second-order valence-electron chi connectivity index (χ2n) is 4.53. The van der Waals surface area contributed by atoms with E-state index >= 15 is 0 Å². The molecule has 1 aromatic heterocycles. The molecule has 21 heavy (non-hydrogen) atoms. The van der Waals surface area contributed by atoms with E-state index < -0.39 is 5.97 Å². The van der Waals surface area contributed by atoms with Crippen molar-refractivity contribution in [1.29, 1.82) is 0 Å². The second kappa shape index (κ2) is 5.39. The van der Waals surface area contributed by atoms with Crippen LogP contribution in [-0.4, -0.2) is 20.6 Å². The van der Waals surface area contributed by atoms with E-state index in [1.807, 2.05) is 24.3 Å². The predicted octanol–water partition coefficient (Wildman–Crippen LogP) is 4.09. The van der Waals surface area contributed by atoms with Crippen molar-refractivity contribution < 1.29 is 9.90 Å². The van der Waals surface area contributed by atoms with Crippen molar-refractivity contribution in [3.63, 3.8) is 0 Å². The van der Waals surface area contributed by atoms with E-state index in [0.29, 0.717) is 26.9 Å². The third kappa shape index (κ3) is 2.60. The molecule has 0 radical (unpaired) electrons. The van der Waals surface area contributed by atoms with Crippen LogP contribution in [0.1, 0.15) is 0 Å². The molecule has 0 unspecified atom stereocenters. The summed E-state index contributed by atoms with van der Waals surface area (Å²) in [5, 5.41) is 10.1. The number of carbonyl (C=O) groups is 1. The van der Waals surface area contributed by atoms with E-state index in [1.54, 1.807) is 22.8 Å². The molecule has 0 saturated heterocycles. The lowest BCUT2D eigenvalue weighted by Crippen LogP contribution is -2.10. The highest BCUT2D eigenvalue weighted by atomic mass is 35.5. The van der Waals surface area contributed by atoms with Crippen LogP contribution in [0, 0.1) is 0 Å². The summed E-state index contributed by atoms with van der Waals surface area (Å²) in [5.41, 5.74) is 2.07. The summed E-state index contributed by atoms with van der Waals surface area (Å²) in [6.45, 7) is -0.196. The van der Waals surface area contributed by atoms with Crippen molar-refractivity contribution in [3.8, 4) is 11.4 Å². The van der Waals surface area contributed by atoms with Crippen molar-refractivity contribution in [1.82, 2.24) is 9.55 Å². The highest BCUT2D eigenvalue weighted by molar-refractivity contribution is 6.35. The summed E-state index contributed by atoms with van der Waals surface area (Å²) in [6, 6.07) is 12.4. The molecule has 0 bridgehead atoms. The third-order valence-electron chi connectivity index (χ3n) is 3.12. The lowest BCUT2D eigenvalue weighted by atomic mass is 10.2. The fourth-order valence-corrected chi connectivity index (χ4v) is 2.62. The Balaban J connectivity index is 2.30. The number of imidazole rings is 1. The Morgan fingerprint density at radius 3 is 2.71 bits per heavy atom. The van der Waals surface area contributed by atoms with E-state index in [9.17, 15) is 4.79 Å². The zero-order valence-corrected chi connectivity index (χ0v) is 12.3. The van der Waals surface area contributed by atoms with Gasteiger partial charge in [-0.25, -0.2) is 4.98 Å². The molecule has 0 fully saturated rings. The van der Waals surface area contributed by atoms with Gasteiger partial charge in [0.1, 0.15) is 12.4 Å². The van der Waals surface area contributed by atoms with Gasteiger partial charge in [-0.15, -0.1) is 0 Å². The number of benzene rings is 2. The first kappa shape index (κ1) is 13.9. The second-order valence-corrected chi connectivity index (χ2v) is 5.37. The molecule has 0 amide bonds. The van der Waals surface area contributed by atoms with Crippen LogP contribution in [0.2, 0.25) is 10.0 Å². The van der Waals surface area contributed by atoms with Crippen LogP contribution in [0.3, 0.4) is 0 Å². The monoisotopic (exact) mass is 320 g/mol.